The number of carbonyl (C=O) groups is 1. The van der Waals surface area contributed by atoms with E-state index in [0.29, 0.717) is 11.3 Å². The van der Waals surface area contributed by atoms with Gasteiger partial charge in [0.05, 0.1) is 19.5 Å². The molecule has 126 valence electrons. The minimum atomic E-state index is -0.477. The molecule has 0 aliphatic rings. The van der Waals surface area contributed by atoms with Gasteiger partial charge < -0.3 is 10.1 Å². The number of pyridine rings is 3. The Balaban J connectivity index is 1.95. The Labute approximate surface area is 143 Å². The molecule has 0 radical (unpaired) electrons. The zero-order valence-electron chi connectivity index (χ0n) is 13.7. The standard InChI is InChI=1S/C18H15FN4O2/c1-11-5-6-20-9-14(11)13-7-15(21-10-16(13)25-2)18(24)23-17-4-3-12(19)8-22-17/h3-10H,1-2H3,(H,22,23,24). The topological polar surface area (TPSA) is 77.0 Å². The van der Waals surface area contributed by atoms with Crippen molar-refractivity contribution in [2.24, 2.45) is 0 Å². The van der Waals surface area contributed by atoms with E-state index in [4.69, 9.17) is 4.74 Å². The number of methoxy groups -OCH3 is 1. The number of nitrogens with zero attached hydrogens (tertiary/aromatic N) is 3. The van der Waals surface area contributed by atoms with Crippen LogP contribution >= 0.6 is 0 Å². The molecule has 3 rings (SSSR count). The molecule has 0 unspecified atom stereocenters. The summed E-state index contributed by atoms with van der Waals surface area (Å²) in [4.78, 5) is 24.5. The molecule has 25 heavy (non-hydrogen) atoms. The summed E-state index contributed by atoms with van der Waals surface area (Å²) in [6.07, 6.45) is 5.91. The number of ether oxygens (including phenoxy) is 1. The van der Waals surface area contributed by atoms with Crippen molar-refractivity contribution in [2.45, 2.75) is 6.92 Å². The number of halogens is 1. The maximum absolute atomic E-state index is 12.9. The average molecular weight is 338 g/mol. The highest BCUT2D eigenvalue weighted by atomic mass is 19.1. The van der Waals surface area contributed by atoms with Gasteiger partial charge in [0.15, 0.2) is 0 Å². The summed E-state index contributed by atoms with van der Waals surface area (Å²) < 4.78 is 18.2. The van der Waals surface area contributed by atoms with Gasteiger partial charge in [0.2, 0.25) is 0 Å². The molecule has 0 aliphatic carbocycles. The lowest BCUT2D eigenvalue weighted by atomic mass is 10.0. The molecule has 7 heteroatoms. The summed E-state index contributed by atoms with van der Waals surface area (Å²) in [6, 6.07) is 6.09. The van der Waals surface area contributed by atoms with Crippen LogP contribution in [0.3, 0.4) is 0 Å². The monoisotopic (exact) mass is 338 g/mol. The molecule has 1 N–H and O–H groups in total. The maximum atomic E-state index is 12.9. The smallest absolute Gasteiger partial charge is 0.275 e. The third kappa shape index (κ3) is 3.60. The Hall–Kier alpha value is -3.35. The van der Waals surface area contributed by atoms with E-state index in [1.807, 2.05) is 13.0 Å². The molecule has 3 aromatic rings. The molecular formula is C18H15FN4O2. The molecule has 0 aromatic carbocycles. The number of nitrogens with one attached hydrogen (secondary N) is 1. The Bertz CT molecular complexity index is 913. The Morgan fingerprint density at radius 1 is 1.12 bits per heavy atom. The van der Waals surface area contributed by atoms with Crippen LogP contribution in [0.2, 0.25) is 0 Å². The van der Waals surface area contributed by atoms with Gasteiger partial charge in [-0.2, -0.15) is 0 Å². The Morgan fingerprint density at radius 3 is 2.64 bits per heavy atom. The maximum Gasteiger partial charge on any atom is 0.275 e. The van der Waals surface area contributed by atoms with Gasteiger partial charge in [0.25, 0.3) is 5.91 Å². The van der Waals surface area contributed by atoms with Crippen LogP contribution in [0, 0.1) is 12.7 Å². The van der Waals surface area contributed by atoms with E-state index < -0.39 is 11.7 Å². The van der Waals surface area contributed by atoms with Gasteiger partial charge >= 0.3 is 0 Å². The number of hydrogen-bond acceptors (Lipinski definition) is 5. The fourth-order valence-corrected chi connectivity index (χ4v) is 2.32. The average Bonchev–Trinajstić information content (AvgIpc) is 2.63. The highest BCUT2D eigenvalue weighted by Crippen LogP contribution is 2.31. The largest absolute Gasteiger partial charge is 0.494 e. The normalized spacial score (nSPS) is 10.4. The van der Waals surface area contributed by atoms with Gasteiger partial charge in [0.1, 0.15) is 23.1 Å². The molecule has 0 saturated heterocycles. The second-order valence-corrected chi connectivity index (χ2v) is 5.28. The van der Waals surface area contributed by atoms with Gasteiger partial charge in [-0.1, -0.05) is 0 Å². The van der Waals surface area contributed by atoms with Crippen molar-refractivity contribution in [2.75, 3.05) is 12.4 Å². The summed E-state index contributed by atoms with van der Waals surface area (Å²) in [5.41, 5.74) is 2.73. The van der Waals surface area contributed by atoms with Crippen molar-refractivity contribution >= 4 is 11.7 Å². The van der Waals surface area contributed by atoms with Crippen molar-refractivity contribution in [1.82, 2.24) is 15.0 Å². The molecule has 0 spiro atoms. The number of carbonyl (C=O) groups excluding carboxylic acids is 1. The van der Waals surface area contributed by atoms with Crippen LogP contribution < -0.4 is 10.1 Å². The van der Waals surface area contributed by atoms with E-state index in [0.717, 1.165) is 17.3 Å². The molecule has 3 heterocycles. The number of rotatable bonds is 4. The number of aryl methyl sites for hydroxylation is 1. The number of amides is 1. The van der Waals surface area contributed by atoms with Gasteiger partial charge in [0, 0.05) is 23.5 Å². The van der Waals surface area contributed by atoms with E-state index in [2.05, 4.69) is 20.3 Å². The Morgan fingerprint density at radius 2 is 1.96 bits per heavy atom. The van der Waals surface area contributed by atoms with Crippen LogP contribution in [0.25, 0.3) is 11.1 Å². The lowest BCUT2D eigenvalue weighted by Gasteiger charge is -2.12. The fourth-order valence-electron chi connectivity index (χ4n) is 2.32. The van der Waals surface area contributed by atoms with Crippen LogP contribution in [0.1, 0.15) is 16.1 Å². The molecule has 0 aliphatic heterocycles. The van der Waals surface area contributed by atoms with Gasteiger partial charge in [-0.25, -0.2) is 14.4 Å². The zero-order valence-corrected chi connectivity index (χ0v) is 13.7. The van der Waals surface area contributed by atoms with Crippen molar-refractivity contribution in [3.63, 3.8) is 0 Å². The predicted octanol–water partition coefficient (Wildman–Crippen LogP) is 3.25. The van der Waals surface area contributed by atoms with Crippen LogP contribution in [-0.4, -0.2) is 28.0 Å². The van der Waals surface area contributed by atoms with E-state index in [9.17, 15) is 9.18 Å². The molecule has 3 aromatic heterocycles. The lowest BCUT2D eigenvalue weighted by Crippen LogP contribution is -2.15. The molecule has 6 nitrogen and oxygen atoms in total. The van der Waals surface area contributed by atoms with Gasteiger partial charge in [-0.3, -0.25) is 9.78 Å². The Kier molecular flexibility index (Phi) is 4.65. The molecule has 0 bridgehead atoms. The van der Waals surface area contributed by atoms with Crippen LogP contribution in [-0.2, 0) is 0 Å². The van der Waals surface area contributed by atoms with Crippen molar-refractivity contribution in [3.05, 3.63) is 66.1 Å². The minimum Gasteiger partial charge on any atom is -0.494 e. The first kappa shape index (κ1) is 16.5. The quantitative estimate of drug-likeness (QED) is 0.790. The summed E-state index contributed by atoms with van der Waals surface area (Å²) in [7, 11) is 1.54. The summed E-state index contributed by atoms with van der Waals surface area (Å²) in [6.45, 7) is 1.94. The first-order valence-electron chi connectivity index (χ1n) is 7.46. The first-order valence-corrected chi connectivity index (χ1v) is 7.46. The van der Waals surface area contributed by atoms with Crippen LogP contribution in [0.5, 0.6) is 5.75 Å². The minimum absolute atomic E-state index is 0.185. The van der Waals surface area contributed by atoms with Gasteiger partial charge in [-0.15, -0.1) is 0 Å². The first-order chi connectivity index (χ1) is 12.1. The molecule has 0 fully saturated rings. The third-order valence-corrected chi connectivity index (χ3v) is 3.62. The van der Waals surface area contributed by atoms with E-state index in [1.165, 1.54) is 25.4 Å². The van der Waals surface area contributed by atoms with Crippen molar-refractivity contribution in [1.29, 1.82) is 0 Å². The SMILES string of the molecule is COc1cnc(C(=O)Nc2ccc(F)cn2)cc1-c1cnccc1C. The predicted molar refractivity (Wildman–Crippen MR) is 90.9 cm³/mol. The highest BCUT2D eigenvalue weighted by Gasteiger charge is 2.15. The molecule has 0 saturated carbocycles. The van der Waals surface area contributed by atoms with Crippen LogP contribution in [0.4, 0.5) is 10.2 Å². The van der Waals surface area contributed by atoms with E-state index in [1.54, 1.807) is 18.5 Å². The number of hydrogen-bond donors (Lipinski definition) is 1. The van der Waals surface area contributed by atoms with Crippen LogP contribution in [0.15, 0.2) is 49.1 Å². The highest BCUT2D eigenvalue weighted by molar-refractivity contribution is 6.03. The zero-order chi connectivity index (χ0) is 17.8. The third-order valence-electron chi connectivity index (χ3n) is 3.62. The van der Waals surface area contributed by atoms with E-state index in [-0.39, 0.29) is 11.5 Å². The lowest BCUT2D eigenvalue weighted by molar-refractivity contribution is 0.102. The van der Waals surface area contributed by atoms with E-state index >= 15 is 0 Å². The fraction of sp³-hybridized carbons (Fsp3) is 0.111. The summed E-state index contributed by atoms with van der Waals surface area (Å²) in [5, 5.41) is 2.58. The second kappa shape index (κ2) is 7.04. The summed E-state index contributed by atoms with van der Waals surface area (Å²) >= 11 is 0. The van der Waals surface area contributed by atoms with Crippen molar-refractivity contribution < 1.29 is 13.9 Å². The van der Waals surface area contributed by atoms with Crippen molar-refractivity contribution in [3.8, 4) is 16.9 Å². The number of aromatic nitrogens is 3. The van der Waals surface area contributed by atoms with Gasteiger partial charge in [-0.05, 0) is 36.8 Å². The molecule has 1 amide bonds. The molecular weight excluding hydrogens is 323 g/mol. The number of anilines is 1. The second-order valence-electron chi connectivity index (χ2n) is 5.28. The molecule has 0 atom stereocenters. The summed E-state index contributed by atoms with van der Waals surface area (Å²) in [5.74, 6) is -0.157.